The monoisotopic (exact) mass is 746 g/mol. The van der Waals surface area contributed by atoms with Crippen molar-refractivity contribution in [3.05, 3.63) is 110 Å². The third kappa shape index (κ3) is 6.23. The third-order valence-electron chi connectivity index (χ3n) is 12.5. The van der Waals surface area contributed by atoms with E-state index in [1.54, 1.807) is 25.2 Å². The van der Waals surface area contributed by atoms with Crippen molar-refractivity contribution in [1.29, 1.82) is 0 Å². The van der Waals surface area contributed by atoms with Gasteiger partial charge in [-0.1, -0.05) is 42.4 Å². The summed E-state index contributed by atoms with van der Waals surface area (Å²) < 4.78 is 2.11. The first-order chi connectivity index (χ1) is 26.0. The zero-order valence-corrected chi connectivity index (χ0v) is 31.9. The van der Waals surface area contributed by atoms with Gasteiger partial charge >= 0.3 is 0 Å². The van der Waals surface area contributed by atoms with Gasteiger partial charge in [-0.2, -0.15) is 4.98 Å². The molecular formula is C43H47ClN6O4. The number of piperidine rings is 2. The molecule has 3 aliphatic heterocycles. The number of nitrogens with one attached hydrogen (secondary N) is 2. The second-order valence-electron chi connectivity index (χ2n) is 16.0. The Morgan fingerprint density at radius 3 is 2.48 bits per heavy atom. The minimum atomic E-state index is -0.606. The number of halogens is 1. The van der Waals surface area contributed by atoms with Gasteiger partial charge in [-0.3, -0.25) is 23.7 Å². The van der Waals surface area contributed by atoms with Gasteiger partial charge in [0, 0.05) is 30.5 Å². The van der Waals surface area contributed by atoms with E-state index in [-0.39, 0.29) is 23.4 Å². The fourth-order valence-corrected chi connectivity index (χ4v) is 9.63. The van der Waals surface area contributed by atoms with Crippen molar-refractivity contribution >= 4 is 46.3 Å². The highest BCUT2D eigenvalue weighted by atomic mass is 35.5. The molecule has 0 radical (unpaired) electrons. The predicted octanol–water partition coefficient (Wildman–Crippen LogP) is 6.96. The maximum atomic E-state index is 13.5. The molecule has 1 aromatic heterocycles. The van der Waals surface area contributed by atoms with Crippen LogP contribution < -0.4 is 16.2 Å². The molecule has 2 amide bonds. The molecule has 0 spiro atoms. The van der Waals surface area contributed by atoms with Gasteiger partial charge < -0.3 is 20.4 Å². The Morgan fingerprint density at radius 1 is 1.02 bits per heavy atom. The first-order valence-electron chi connectivity index (χ1n) is 19.2. The Hall–Kier alpha value is -4.80. The van der Waals surface area contributed by atoms with Crippen molar-refractivity contribution < 1.29 is 14.4 Å². The van der Waals surface area contributed by atoms with Crippen molar-refractivity contribution in [1.82, 2.24) is 24.7 Å². The Bertz CT molecular complexity index is 2250. The van der Waals surface area contributed by atoms with Crippen LogP contribution in [0.1, 0.15) is 109 Å². The second kappa shape index (κ2) is 14.1. The molecule has 1 unspecified atom stereocenters. The average molecular weight is 747 g/mol. The summed E-state index contributed by atoms with van der Waals surface area (Å²) in [6, 6.07) is 17.8. The van der Waals surface area contributed by atoms with Crippen LogP contribution in [0.25, 0.3) is 16.6 Å². The largest absolute Gasteiger partial charge is 0.382 e. The van der Waals surface area contributed by atoms with Crippen LogP contribution in [0.3, 0.4) is 0 Å². The summed E-state index contributed by atoms with van der Waals surface area (Å²) in [7, 11) is 1.62. The van der Waals surface area contributed by atoms with E-state index in [4.69, 9.17) is 11.6 Å². The molecule has 4 aromatic rings. The number of allylic oxidation sites excluding steroid dienone is 1. The molecule has 54 heavy (non-hydrogen) atoms. The Balaban J connectivity index is 0.891. The summed E-state index contributed by atoms with van der Waals surface area (Å²) in [6.07, 6.45) is 8.13. The van der Waals surface area contributed by atoms with Gasteiger partial charge in [-0.15, -0.1) is 0 Å². The summed E-state index contributed by atoms with van der Waals surface area (Å²) in [5.74, 6) is 0.623. The molecule has 2 saturated heterocycles. The van der Waals surface area contributed by atoms with Crippen molar-refractivity contribution in [3.8, 4) is 5.69 Å². The van der Waals surface area contributed by atoms with E-state index in [0.29, 0.717) is 57.7 Å². The molecule has 4 aliphatic rings. The fraction of sp³-hybridized carbons (Fsp3) is 0.419. The molecule has 2 N–H and O–H groups in total. The maximum Gasteiger partial charge on any atom is 0.282 e. The number of hydrogen-bond acceptors (Lipinski definition) is 7. The van der Waals surface area contributed by atoms with E-state index in [1.165, 1.54) is 16.0 Å². The summed E-state index contributed by atoms with van der Waals surface area (Å²) in [4.78, 5) is 60.2. The number of aldehydes is 1. The quantitative estimate of drug-likeness (QED) is 0.197. The Kier molecular flexibility index (Phi) is 9.46. The number of fused-ring (bicyclic) bond motifs is 5. The fourth-order valence-electron chi connectivity index (χ4n) is 9.38. The van der Waals surface area contributed by atoms with Crippen molar-refractivity contribution in [3.63, 3.8) is 0 Å². The van der Waals surface area contributed by atoms with E-state index in [9.17, 15) is 19.2 Å². The number of amides is 2. The minimum absolute atomic E-state index is 0.202. The molecule has 1 atom stereocenters. The minimum Gasteiger partial charge on any atom is -0.382 e. The number of carbonyl (C=O) groups excluding carboxylic acids is 3. The Labute approximate surface area is 320 Å². The number of benzene rings is 3. The molecule has 1 saturated carbocycles. The normalized spacial score (nSPS) is 22.7. The van der Waals surface area contributed by atoms with Crippen LogP contribution >= 0.6 is 11.6 Å². The molecule has 0 bridgehead atoms. The number of rotatable bonds is 7. The summed E-state index contributed by atoms with van der Waals surface area (Å²) in [5.41, 5.74) is 5.64. The molecule has 1 aliphatic carbocycles. The first kappa shape index (κ1) is 36.2. The zero-order chi connectivity index (χ0) is 37.9. The average Bonchev–Trinajstić information content (AvgIpc) is 3.39. The number of likely N-dealkylation sites (N-methyl/N-ethyl adjacent to an activating group) is 1. The molecule has 10 nitrogen and oxygen atoms in total. The van der Waals surface area contributed by atoms with Crippen LogP contribution in [0.15, 0.2) is 71.7 Å². The lowest BCUT2D eigenvalue weighted by Gasteiger charge is -2.41. The van der Waals surface area contributed by atoms with Gasteiger partial charge in [0.1, 0.15) is 11.9 Å². The van der Waals surface area contributed by atoms with Crippen LogP contribution in [0.4, 0.5) is 5.69 Å². The highest BCUT2D eigenvalue weighted by molar-refractivity contribution is 6.35. The summed E-state index contributed by atoms with van der Waals surface area (Å²) >= 11 is 6.46. The zero-order valence-electron chi connectivity index (χ0n) is 31.2. The van der Waals surface area contributed by atoms with Gasteiger partial charge in [0.05, 0.1) is 38.2 Å². The summed E-state index contributed by atoms with van der Waals surface area (Å²) in [5, 5.41) is 7.22. The van der Waals surface area contributed by atoms with Gasteiger partial charge in [0.15, 0.2) is 6.29 Å². The van der Waals surface area contributed by atoms with E-state index in [2.05, 4.69) is 63.7 Å². The van der Waals surface area contributed by atoms with Crippen LogP contribution in [-0.2, 0) is 10.2 Å². The predicted molar refractivity (Wildman–Crippen MR) is 212 cm³/mol. The maximum absolute atomic E-state index is 13.5. The van der Waals surface area contributed by atoms with E-state index in [0.717, 1.165) is 74.9 Å². The number of carbonyl (C=O) groups is 3. The van der Waals surface area contributed by atoms with Crippen molar-refractivity contribution in [2.45, 2.75) is 94.7 Å². The van der Waals surface area contributed by atoms with Crippen molar-refractivity contribution in [2.75, 3.05) is 25.5 Å². The second-order valence-corrected chi connectivity index (χ2v) is 16.4. The van der Waals surface area contributed by atoms with Crippen LogP contribution in [-0.4, -0.2) is 75.7 Å². The lowest BCUT2D eigenvalue weighted by atomic mass is 9.81. The van der Waals surface area contributed by atoms with E-state index in [1.807, 2.05) is 18.2 Å². The molecule has 3 aromatic carbocycles. The standard InChI is InChI=1S/C43H47ClN6O4/c1-25-11-17-37(39(52)45-25)48(4)41(54)30-7-5-9-34(31(30)24-51)46-28-13-15-29(16-14-28)49-21-19-26(20-22-49)27-12-18-35-32(23-27)43(2,3)42-47-40(53)38-33(44)8-6-10-36(38)50(35)42/h5-10,12,18,23-24,26,28-29,37,46H,1,11,13-17,19-22H2,2-4H3,(H,45,52). The number of likely N-dealkylation sites (tertiary alicyclic amines) is 1. The lowest BCUT2D eigenvalue weighted by molar-refractivity contribution is -0.125. The number of hydrogen-bond donors (Lipinski definition) is 2. The smallest absolute Gasteiger partial charge is 0.282 e. The van der Waals surface area contributed by atoms with Gasteiger partial charge in [-0.05, 0) is 126 Å². The highest BCUT2D eigenvalue weighted by Gasteiger charge is 2.40. The Morgan fingerprint density at radius 2 is 1.76 bits per heavy atom. The molecule has 4 heterocycles. The number of aromatic nitrogens is 2. The topological polar surface area (TPSA) is 117 Å². The van der Waals surface area contributed by atoms with E-state index >= 15 is 0 Å². The number of nitrogens with zero attached hydrogens (tertiary/aromatic N) is 4. The van der Waals surface area contributed by atoms with Crippen LogP contribution in [0, 0.1) is 0 Å². The lowest BCUT2D eigenvalue weighted by Crippen LogP contribution is -2.50. The molecule has 3 fully saturated rings. The molecule has 280 valence electrons. The SMILES string of the molecule is C=C1CCC(N(C)C(=O)c2cccc(NC3CCC(N4CCC(c5ccc6c(c5)C(C)(C)c5nc(=O)c7c(Cl)cccc7n5-6)CC4)CC3)c2C=O)C(=O)N1. The van der Waals surface area contributed by atoms with Gasteiger partial charge in [-0.25, -0.2) is 0 Å². The first-order valence-corrected chi connectivity index (χ1v) is 19.5. The molecular weight excluding hydrogens is 700 g/mol. The van der Waals surface area contributed by atoms with Crippen LogP contribution in [0.2, 0.25) is 5.02 Å². The highest BCUT2D eigenvalue weighted by Crippen LogP contribution is 2.45. The van der Waals surface area contributed by atoms with Crippen molar-refractivity contribution in [2.24, 2.45) is 0 Å². The molecule has 8 rings (SSSR count). The van der Waals surface area contributed by atoms with Gasteiger partial charge in [0.2, 0.25) is 5.91 Å². The van der Waals surface area contributed by atoms with Gasteiger partial charge in [0.25, 0.3) is 11.5 Å². The summed E-state index contributed by atoms with van der Waals surface area (Å²) in [6.45, 7) is 10.2. The third-order valence-corrected chi connectivity index (χ3v) is 12.8. The number of anilines is 1. The molecule has 11 heteroatoms. The van der Waals surface area contributed by atoms with E-state index < -0.39 is 11.5 Å². The van der Waals surface area contributed by atoms with Crippen LogP contribution in [0.5, 0.6) is 0 Å².